The molecule has 3 nitrogen and oxygen atoms in total. The first kappa shape index (κ1) is 18.8. The maximum atomic E-state index is 12.5. The summed E-state index contributed by atoms with van der Waals surface area (Å²) in [6.07, 6.45) is 0. The van der Waals surface area contributed by atoms with Gasteiger partial charge in [-0.15, -0.1) is 0 Å². The average Bonchev–Trinajstić information content (AvgIpc) is 2.55. The molecule has 0 saturated heterocycles. The fourth-order valence-electron chi connectivity index (χ4n) is 2.63. The highest BCUT2D eigenvalue weighted by Gasteiger charge is 2.26. The number of carbonyl (C=O) groups is 1. The van der Waals surface area contributed by atoms with E-state index in [9.17, 15) is 4.79 Å². The molecule has 0 aromatic heterocycles. The highest BCUT2D eigenvalue weighted by molar-refractivity contribution is 6.36. The predicted octanol–water partition coefficient (Wildman–Crippen LogP) is 4.28. The van der Waals surface area contributed by atoms with Crippen LogP contribution in [0.25, 0.3) is 0 Å². The van der Waals surface area contributed by atoms with Crippen molar-refractivity contribution in [1.82, 2.24) is 0 Å². The molecular weight excluding hydrogens is 343 g/mol. The Morgan fingerprint density at radius 3 is 2.29 bits per heavy atom. The van der Waals surface area contributed by atoms with Crippen LogP contribution in [0.5, 0.6) is 0 Å². The fourth-order valence-corrected chi connectivity index (χ4v) is 3.09. The molecule has 1 amide bonds. The topological polar surface area (TPSA) is 45.7 Å². The number of amides is 1. The van der Waals surface area contributed by atoms with Crippen molar-refractivity contribution in [2.24, 2.45) is 5.92 Å². The Hall–Kier alpha value is -1.55. The van der Waals surface area contributed by atoms with Crippen LogP contribution in [0.2, 0.25) is 10.0 Å². The molecule has 2 rings (SSSR count). The Morgan fingerprint density at radius 2 is 1.71 bits per heavy atom. The molecule has 0 saturated carbocycles. The molecule has 0 radical (unpaired) electrons. The molecule has 2 aromatic carbocycles. The van der Waals surface area contributed by atoms with Crippen LogP contribution in [0.3, 0.4) is 0 Å². The Morgan fingerprint density at radius 1 is 1.04 bits per heavy atom. The second-order valence-corrected chi connectivity index (χ2v) is 7.12. The van der Waals surface area contributed by atoms with Gasteiger partial charge in [0.25, 0.3) is 5.91 Å². The van der Waals surface area contributed by atoms with E-state index in [4.69, 9.17) is 23.2 Å². The summed E-state index contributed by atoms with van der Waals surface area (Å²) in [4.78, 5) is 12.5. The van der Waals surface area contributed by atoms with Crippen LogP contribution in [0.1, 0.15) is 32.4 Å². The van der Waals surface area contributed by atoms with Crippen LogP contribution in [0.15, 0.2) is 48.5 Å². The van der Waals surface area contributed by atoms with Crippen LogP contribution in [-0.4, -0.2) is 11.9 Å². The van der Waals surface area contributed by atoms with Gasteiger partial charge in [0.1, 0.15) is 6.04 Å². The second kappa shape index (κ2) is 8.52. The Bertz CT molecular complexity index is 689. The number of nitrogens with two attached hydrogens (primary N) is 1. The van der Waals surface area contributed by atoms with Crippen molar-refractivity contribution in [2.45, 2.75) is 32.9 Å². The van der Waals surface area contributed by atoms with Gasteiger partial charge in [0.05, 0.1) is 10.7 Å². The third-order valence-electron chi connectivity index (χ3n) is 4.00. The van der Waals surface area contributed by atoms with E-state index in [2.05, 4.69) is 36.6 Å². The second-order valence-electron chi connectivity index (χ2n) is 6.28. The van der Waals surface area contributed by atoms with Crippen molar-refractivity contribution in [3.05, 3.63) is 64.1 Å². The normalized spacial score (nSPS) is 13.6. The molecule has 3 N–H and O–H groups in total. The molecular formula is C19H23Cl2N2O+. The SMILES string of the molecule is CC(C)[C@H]([NH2+][C@H](C)C(=O)Nc1ccc(Cl)cc1Cl)c1ccccc1. The number of nitrogens with one attached hydrogen (secondary N) is 1. The minimum atomic E-state index is -0.246. The van der Waals surface area contributed by atoms with E-state index in [0.717, 1.165) is 0 Å². The van der Waals surface area contributed by atoms with E-state index < -0.39 is 0 Å². The molecule has 24 heavy (non-hydrogen) atoms. The standard InChI is InChI=1S/C19H22Cl2N2O/c1-12(2)18(14-7-5-4-6-8-14)22-13(3)19(24)23-17-10-9-15(20)11-16(17)21/h4-13,18,22H,1-3H3,(H,23,24)/p+1/t13-,18+/m1/s1. The number of halogens is 2. The molecule has 0 heterocycles. The molecule has 0 spiro atoms. The fraction of sp³-hybridized carbons (Fsp3) is 0.316. The quantitative estimate of drug-likeness (QED) is 0.788. The van der Waals surface area contributed by atoms with E-state index in [0.29, 0.717) is 21.7 Å². The molecule has 0 fully saturated rings. The van der Waals surface area contributed by atoms with E-state index >= 15 is 0 Å². The Kier molecular flexibility index (Phi) is 6.67. The van der Waals surface area contributed by atoms with Gasteiger partial charge in [0, 0.05) is 16.5 Å². The number of carbonyl (C=O) groups excluding carboxylic acids is 1. The lowest BCUT2D eigenvalue weighted by Gasteiger charge is -2.23. The summed E-state index contributed by atoms with van der Waals surface area (Å²) in [6, 6.07) is 15.3. The molecule has 2 atom stereocenters. The lowest BCUT2D eigenvalue weighted by Crippen LogP contribution is -2.93. The summed E-state index contributed by atoms with van der Waals surface area (Å²) in [6.45, 7) is 6.22. The number of quaternary nitrogens is 1. The van der Waals surface area contributed by atoms with Gasteiger partial charge in [-0.25, -0.2) is 0 Å². The van der Waals surface area contributed by atoms with E-state index in [-0.39, 0.29) is 18.0 Å². The van der Waals surface area contributed by atoms with Gasteiger partial charge in [0.15, 0.2) is 6.04 Å². The van der Waals surface area contributed by atoms with Gasteiger partial charge >= 0.3 is 0 Å². The van der Waals surface area contributed by atoms with Crippen LogP contribution in [0.4, 0.5) is 5.69 Å². The van der Waals surface area contributed by atoms with E-state index in [1.807, 2.05) is 25.1 Å². The van der Waals surface area contributed by atoms with Crippen LogP contribution >= 0.6 is 23.2 Å². The highest BCUT2D eigenvalue weighted by atomic mass is 35.5. The van der Waals surface area contributed by atoms with Crippen molar-refractivity contribution >= 4 is 34.8 Å². The first-order valence-electron chi connectivity index (χ1n) is 8.04. The van der Waals surface area contributed by atoms with Gasteiger partial charge in [-0.05, 0) is 25.1 Å². The zero-order valence-corrected chi connectivity index (χ0v) is 15.6. The molecule has 0 aliphatic heterocycles. The van der Waals surface area contributed by atoms with E-state index in [1.165, 1.54) is 5.56 Å². The predicted molar refractivity (Wildman–Crippen MR) is 101 cm³/mol. The lowest BCUT2D eigenvalue weighted by atomic mass is 9.95. The molecule has 0 unspecified atom stereocenters. The largest absolute Gasteiger partial charge is 0.330 e. The van der Waals surface area contributed by atoms with Gasteiger partial charge in [-0.1, -0.05) is 67.4 Å². The first-order chi connectivity index (χ1) is 11.4. The van der Waals surface area contributed by atoms with Crippen molar-refractivity contribution in [1.29, 1.82) is 0 Å². The molecule has 2 aromatic rings. The van der Waals surface area contributed by atoms with Crippen LogP contribution in [0, 0.1) is 5.92 Å². The number of hydrogen-bond donors (Lipinski definition) is 2. The highest BCUT2D eigenvalue weighted by Crippen LogP contribution is 2.25. The molecule has 0 aliphatic carbocycles. The van der Waals surface area contributed by atoms with Crippen LogP contribution in [-0.2, 0) is 4.79 Å². The summed E-state index contributed by atoms with van der Waals surface area (Å²) in [5.41, 5.74) is 1.80. The minimum Gasteiger partial charge on any atom is -0.330 e. The Labute approximate surface area is 153 Å². The van der Waals surface area contributed by atoms with Gasteiger partial charge in [0.2, 0.25) is 0 Å². The van der Waals surface area contributed by atoms with Gasteiger partial charge in [-0.3, -0.25) is 4.79 Å². The zero-order chi connectivity index (χ0) is 17.7. The van der Waals surface area contributed by atoms with Crippen molar-refractivity contribution in [3.63, 3.8) is 0 Å². The van der Waals surface area contributed by atoms with Crippen LogP contribution < -0.4 is 10.6 Å². The third-order valence-corrected chi connectivity index (χ3v) is 4.55. The summed E-state index contributed by atoms with van der Waals surface area (Å²) >= 11 is 12.0. The maximum absolute atomic E-state index is 12.5. The lowest BCUT2D eigenvalue weighted by molar-refractivity contribution is -0.718. The average molecular weight is 366 g/mol. The number of anilines is 1. The minimum absolute atomic E-state index is 0.0826. The van der Waals surface area contributed by atoms with Crippen molar-refractivity contribution in [2.75, 3.05) is 5.32 Å². The number of rotatable bonds is 6. The zero-order valence-electron chi connectivity index (χ0n) is 14.1. The molecule has 0 aliphatic rings. The van der Waals surface area contributed by atoms with Crippen molar-refractivity contribution in [3.8, 4) is 0 Å². The van der Waals surface area contributed by atoms with Gasteiger partial charge < -0.3 is 10.6 Å². The molecule has 128 valence electrons. The summed E-state index contributed by atoms with van der Waals surface area (Å²) < 4.78 is 0. The molecule has 5 heteroatoms. The number of benzene rings is 2. The monoisotopic (exact) mass is 365 g/mol. The van der Waals surface area contributed by atoms with E-state index in [1.54, 1.807) is 18.2 Å². The number of hydrogen-bond acceptors (Lipinski definition) is 1. The summed E-state index contributed by atoms with van der Waals surface area (Å²) in [7, 11) is 0. The van der Waals surface area contributed by atoms with Crippen molar-refractivity contribution < 1.29 is 10.1 Å². The summed E-state index contributed by atoms with van der Waals surface area (Å²) in [5, 5.41) is 5.95. The molecule has 0 bridgehead atoms. The van der Waals surface area contributed by atoms with Gasteiger partial charge in [-0.2, -0.15) is 0 Å². The maximum Gasteiger partial charge on any atom is 0.282 e. The Balaban J connectivity index is 2.06. The smallest absolute Gasteiger partial charge is 0.282 e. The first-order valence-corrected chi connectivity index (χ1v) is 8.80. The summed E-state index contributed by atoms with van der Waals surface area (Å²) in [5.74, 6) is 0.322. The third kappa shape index (κ3) is 4.97.